The molecule has 20 heavy (non-hydrogen) atoms. The fourth-order valence-corrected chi connectivity index (χ4v) is 2.56. The highest BCUT2D eigenvalue weighted by molar-refractivity contribution is 7.07. The number of hydrogen-bond donors (Lipinski definition) is 1. The Morgan fingerprint density at radius 1 is 1.10 bits per heavy atom. The van der Waals surface area contributed by atoms with Crippen LogP contribution < -0.4 is 14.8 Å². The van der Waals surface area contributed by atoms with Gasteiger partial charge in [0.2, 0.25) is 0 Å². The van der Waals surface area contributed by atoms with E-state index < -0.39 is 0 Å². The van der Waals surface area contributed by atoms with Gasteiger partial charge in [0.1, 0.15) is 18.1 Å². The first-order valence-corrected chi connectivity index (χ1v) is 7.90. The quantitative estimate of drug-likeness (QED) is 0.719. The van der Waals surface area contributed by atoms with Crippen LogP contribution in [0, 0.1) is 0 Å². The Labute approximate surface area is 124 Å². The molecule has 0 aliphatic carbocycles. The summed E-state index contributed by atoms with van der Waals surface area (Å²) < 4.78 is 11.1. The fraction of sp³-hybridized carbons (Fsp3) is 0.375. The van der Waals surface area contributed by atoms with Crippen LogP contribution in [0.3, 0.4) is 0 Å². The average Bonchev–Trinajstić information content (AvgIpc) is 2.97. The van der Waals surface area contributed by atoms with Crippen LogP contribution in [0.4, 0.5) is 0 Å². The van der Waals surface area contributed by atoms with E-state index in [1.54, 1.807) is 11.3 Å². The molecular formula is C16H21NO2S. The van der Waals surface area contributed by atoms with Gasteiger partial charge in [0.25, 0.3) is 0 Å². The summed E-state index contributed by atoms with van der Waals surface area (Å²) in [6.45, 7) is 5.15. The first kappa shape index (κ1) is 14.9. The minimum Gasteiger partial charge on any atom is -0.494 e. The van der Waals surface area contributed by atoms with Crippen LogP contribution in [0.1, 0.15) is 12.5 Å². The summed E-state index contributed by atoms with van der Waals surface area (Å²) in [5.74, 6) is 1.71. The molecule has 0 aliphatic heterocycles. The Hall–Kier alpha value is -1.52. The first-order chi connectivity index (χ1) is 9.88. The number of hydrogen-bond acceptors (Lipinski definition) is 4. The van der Waals surface area contributed by atoms with Crippen molar-refractivity contribution in [1.29, 1.82) is 0 Å². The topological polar surface area (TPSA) is 30.5 Å². The normalized spacial score (nSPS) is 10.4. The van der Waals surface area contributed by atoms with E-state index in [4.69, 9.17) is 9.47 Å². The third-order valence-electron chi connectivity index (χ3n) is 2.83. The molecule has 1 aromatic heterocycles. The lowest BCUT2D eigenvalue weighted by Crippen LogP contribution is -2.23. The van der Waals surface area contributed by atoms with Crippen molar-refractivity contribution in [2.45, 2.75) is 13.3 Å². The molecule has 0 saturated carbocycles. The van der Waals surface area contributed by atoms with Gasteiger partial charge < -0.3 is 14.8 Å². The predicted octanol–water partition coefficient (Wildman–Crippen LogP) is 3.36. The van der Waals surface area contributed by atoms with Crippen LogP contribution in [0.5, 0.6) is 11.5 Å². The standard InChI is InChI=1S/C16H21NO2S/c1-2-18-15-4-3-5-16(12-15)19-10-9-17-8-6-14-7-11-20-13-14/h3-5,7,11-13,17H,2,6,8-10H2,1H3. The minimum absolute atomic E-state index is 0.666. The molecule has 1 heterocycles. The third-order valence-corrected chi connectivity index (χ3v) is 3.57. The highest BCUT2D eigenvalue weighted by atomic mass is 32.1. The van der Waals surface area contributed by atoms with E-state index in [1.807, 2.05) is 31.2 Å². The lowest BCUT2D eigenvalue weighted by atomic mass is 10.2. The lowest BCUT2D eigenvalue weighted by molar-refractivity contribution is 0.307. The maximum absolute atomic E-state index is 5.69. The van der Waals surface area contributed by atoms with Crippen molar-refractivity contribution in [3.63, 3.8) is 0 Å². The molecule has 3 nitrogen and oxygen atoms in total. The minimum atomic E-state index is 0.666. The highest BCUT2D eigenvalue weighted by Gasteiger charge is 1.97. The molecule has 2 rings (SSSR count). The summed E-state index contributed by atoms with van der Waals surface area (Å²) in [5, 5.41) is 7.69. The number of thiophene rings is 1. The summed E-state index contributed by atoms with van der Waals surface area (Å²) in [7, 11) is 0. The van der Waals surface area contributed by atoms with Crippen molar-refractivity contribution < 1.29 is 9.47 Å². The van der Waals surface area contributed by atoms with Gasteiger partial charge in [-0.25, -0.2) is 0 Å². The maximum Gasteiger partial charge on any atom is 0.123 e. The smallest absolute Gasteiger partial charge is 0.123 e. The van der Waals surface area contributed by atoms with E-state index in [2.05, 4.69) is 22.1 Å². The second-order valence-electron chi connectivity index (χ2n) is 4.39. The summed E-state index contributed by atoms with van der Waals surface area (Å²) in [6, 6.07) is 9.94. The van der Waals surface area contributed by atoms with Gasteiger partial charge in [-0.3, -0.25) is 0 Å². The molecule has 1 N–H and O–H groups in total. The zero-order chi connectivity index (χ0) is 14.0. The van der Waals surface area contributed by atoms with Gasteiger partial charge >= 0.3 is 0 Å². The van der Waals surface area contributed by atoms with E-state index in [-0.39, 0.29) is 0 Å². The molecule has 0 aliphatic rings. The Balaban J connectivity index is 1.59. The monoisotopic (exact) mass is 291 g/mol. The van der Waals surface area contributed by atoms with Gasteiger partial charge in [-0.1, -0.05) is 6.07 Å². The number of benzene rings is 1. The number of ether oxygens (including phenoxy) is 2. The Morgan fingerprint density at radius 3 is 2.70 bits per heavy atom. The Bertz CT molecular complexity index is 485. The van der Waals surface area contributed by atoms with Gasteiger partial charge in [0.05, 0.1) is 6.61 Å². The van der Waals surface area contributed by atoms with Gasteiger partial charge in [-0.05, 0) is 54.4 Å². The molecule has 0 radical (unpaired) electrons. The zero-order valence-electron chi connectivity index (χ0n) is 11.8. The van der Waals surface area contributed by atoms with Crippen molar-refractivity contribution in [3.05, 3.63) is 46.7 Å². The highest BCUT2D eigenvalue weighted by Crippen LogP contribution is 2.19. The second-order valence-corrected chi connectivity index (χ2v) is 5.17. The van der Waals surface area contributed by atoms with E-state index in [1.165, 1.54) is 5.56 Å². The van der Waals surface area contributed by atoms with Crippen LogP contribution in [-0.2, 0) is 6.42 Å². The molecule has 2 aromatic rings. The average molecular weight is 291 g/mol. The molecule has 0 unspecified atom stereocenters. The molecule has 108 valence electrons. The summed E-state index contributed by atoms with van der Waals surface area (Å²) >= 11 is 1.75. The van der Waals surface area contributed by atoms with Crippen LogP contribution in [-0.4, -0.2) is 26.3 Å². The molecule has 0 saturated heterocycles. The van der Waals surface area contributed by atoms with Crippen molar-refractivity contribution in [2.24, 2.45) is 0 Å². The van der Waals surface area contributed by atoms with Crippen molar-refractivity contribution in [1.82, 2.24) is 5.32 Å². The summed E-state index contributed by atoms with van der Waals surface area (Å²) in [6.07, 6.45) is 1.07. The SMILES string of the molecule is CCOc1cccc(OCCNCCc2ccsc2)c1. The van der Waals surface area contributed by atoms with E-state index in [9.17, 15) is 0 Å². The second kappa shape index (κ2) is 8.61. The van der Waals surface area contributed by atoms with Gasteiger partial charge in [0, 0.05) is 12.6 Å². The van der Waals surface area contributed by atoms with Crippen LogP contribution in [0.25, 0.3) is 0 Å². The number of nitrogens with one attached hydrogen (secondary N) is 1. The lowest BCUT2D eigenvalue weighted by Gasteiger charge is -2.09. The maximum atomic E-state index is 5.69. The first-order valence-electron chi connectivity index (χ1n) is 6.96. The Morgan fingerprint density at radius 2 is 1.95 bits per heavy atom. The van der Waals surface area contributed by atoms with Gasteiger partial charge in [0.15, 0.2) is 0 Å². The predicted molar refractivity (Wildman–Crippen MR) is 84.0 cm³/mol. The molecule has 0 atom stereocenters. The van der Waals surface area contributed by atoms with Crippen LogP contribution in [0.15, 0.2) is 41.1 Å². The summed E-state index contributed by atoms with van der Waals surface area (Å²) in [4.78, 5) is 0. The largest absolute Gasteiger partial charge is 0.494 e. The number of rotatable bonds is 9. The molecule has 0 spiro atoms. The van der Waals surface area contributed by atoms with Crippen molar-refractivity contribution in [3.8, 4) is 11.5 Å². The molecule has 1 aromatic carbocycles. The van der Waals surface area contributed by atoms with Crippen molar-refractivity contribution >= 4 is 11.3 Å². The van der Waals surface area contributed by atoms with Gasteiger partial charge in [-0.15, -0.1) is 0 Å². The van der Waals surface area contributed by atoms with E-state index in [0.717, 1.165) is 31.0 Å². The molecular weight excluding hydrogens is 270 g/mol. The fourth-order valence-electron chi connectivity index (χ4n) is 1.85. The molecule has 0 bridgehead atoms. The molecule has 0 amide bonds. The van der Waals surface area contributed by atoms with Gasteiger partial charge in [-0.2, -0.15) is 11.3 Å². The summed E-state index contributed by atoms with van der Waals surface area (Å²) in [5.41, 5.74) is 1.40. The van der Waals surface area contributed by atoms with E-state index >= 15 is 0 Å². The third kappa shape index (κ3) is 5.23. The molecule has 0 fully saturated rings. The Kier molecular flexibility index (Phi) is 6.41. The van der Waals surface area contributed by atoms with Crippen LogP contribution >= 0.6 is 11.3 Å². The van der Waals surface area contributed by atoms with Crippen molar-refractivity contribution in [2.75, 3.05) is 26.3 Å². The van der Waals surface area contributed by atoms with E-state index in [0.29, 0.717) is 13.2 Å². The van der Waals surface area contributed by atoms with Crippen LogP contribution in [0.2, 0.25) is 0 Å². The zero-order valence-corrected chi connectivity index (χ0v) is 12.6. The molecule has 4 heteroatoms.